The fraction of sp³-hybridized carbons (Fsp3) is 0.429. The van der Waals surface area contributed by atoms with Gasteiger partial charge in [-0.25, -0.2) is 9.97 Å². The lowest BCUT2D eigenvalue weighted by molar-refractivity contribution is 0.914. The second-order valence-corrected chi connectivity index (χ2v) is 5.30. The molecular formula is C14H20N4S. The molecule has 0 aliphatic rings. The summed E-state index contributed by atoms with van der Waals surface area (Å²) in [5.74, 6) is 2.66. The number of hydrogen-bond donors (Lipinski definition) is 2. The number of nitrogens with one attached hydrogen (secondary N) is 2. The van der Waals surface area contributed by atoms with E-state index < -0.39 is 0 Å². The Labute approximate surface area is 118 Å². The molecule has 0 radical (unpaired) electrons. The van der Waals surface area contributed by atoms with Crippen LogP contribution in [0.4, 0.5) is 11.6 Å². The molecule has 0 saturated heterocycles. The van der Waals surface area contributed by atoms with Gasteiger partial charge in [0, 0.05) is 23.9 Å². The zero-order valence-electron chi connectivity index (χ0n) is 11.4. The van der Waals surface area contributed by atoms with Crippen molar-refractivity contribution < 1.29 is 0 Å². The molecule has 2 heterocycles. The monoisotopic (exact) mass is 276 g/mol. The SMILES string of the molecule is CCCNc1cc(NCc2cccs2)nc(CC)n1. The Morgan fingerprint density at radius 1 is 1.16 bits per heavy atom. The van der Waals surface area contributed by atoms with E-state index in [4.69, 9.17) is 0 Å². The maximum absolute atomic E-state index is 4.50. The molecule has 0 aliphatic heterocycles. The first-order chi connectivity index (χ1) is 9.31. The number of nitrogens with zero attached hydrogens (tertiary/aromatic N) is 2. The Hall–Kier alpha value is -1.62. The first kappa shape index (κ1) is 13.8. The highest BCUT2D eigenvalue weighted by atomic mass is 32.1. The van der Waals surface area contributed by atoms with Gasteiger partial charge in [0.1, 0.15) is 17.5 Å². The van der Waals surface area contributed by atoms with Crippen molar-refractivity contribution in [2.24, 2.45) is 0 Å². The van der Waals surface area contributed by atoms with Gasteiger partial charge in [-0.2, -0.15) is 0 Å². The molecule has 102 valence electrons. The molecule has 2 aromatic rings. The van der Waals surface area contributed by atoms with E-state index >= 15 is 0 Å². The molecule has 0 bridgehead atoms. The van der Waals surface area contributed by atoms with Crippen LogP contribution in [-0.4, -0.2) is 16.5 Å². The van der Waals surface area contributed by atoms with Crippen LogP contribution in [0, 0.1) is 0 Å². The summed E-state index contributed by atoms with van der Waals surface area (Å²) in [5, 5.41) is 8.76. The number of thiophene rings is 1. The van der Waals surface area contributed by atoms with Gasteiger partial charge in [0.25, 0.3) is 0 Å². The second-order valence-electron chi connectivity index (χ2n) is 4.27. The summed E-state index contributed by atoms with van der Waals surface area (Å²) < 4.78 is 0. The van der Waals surface area contributed by atoms with Crippen LogP contribution in [0.5, 0.6) is 0 Å². The lowest BCUT2D eigenvalue weighted by Gasteiger charge is -2.10. The summed E-state index contributed by atoms with van der Waals surface area (Å²) in [4.78, 5) is 10.3. The van der Waals surface area contributed by atoms with Crippen molar-refractivity contribution in [3.05, 3.63) is 34.3 Å². The Morgan fingerprint density at radius 3 is 2.58 bits per heavy atom. The number of hydrogen-bond acceptors (Lipinski definition) is 5. The molecule has 5 heteroatoms. The van der Waals surface area contributed by atoms with Crippen LogP contribution < -0.4 is 10.6 Å². The molecule has 0 unspecified atom stereocenters. The molecule has 2 aromatic heterocycles. The van der Waals surface area contributed by atoms with Crippen molar-refractivity contribution in [1.82, 2.24) is 9.97 Å². The van der Waals surface area contributed by atoms with E-state index in [1.807, 2.05) is 6.07 Å². The normalized spacial score (nSPS) is 10.4. The van der Waals surface area contributed by atoms with E-state index in [1.165, 1.54) is 4.88 Å². The van der Waals surface area contributed by atoms with E-state index in [1.54, 1.807) is 11.3 Å². The molecule has 2 N–H and O–H groups in total. The van der Waals surface area contributed by atoms with Gasteiger partial charge < -0.3 is 10.6 Å². The predicted octanol–water partition coefficient (Wildman–Crippen LogP) is 3.53. The first-order valence-corrected chi connectivity index (χ1v) is 7.58. The molecule has 19 heavy (non-hydrogen) atoms. The van der Waals surface area contributed by atoms with Crippen molar-refractivity contribution >= 4 is 23.0 Å². The summed E-state index contributed by atoms with van der Waals surface area (Å²) >= 11 is 1.75. The summed E-state index contributed by atoms with van der Waals surface area (Å²) in [6.07, 6.45) is 1.93. The average molecular weight is 276 g/mol. The molecule has 0 amide bonds. The van der Waals surface area contributed by atoms with Crippen LogP contribution in [0.15, 0.2) is 23.6 Å². The van der Waals surface area contributed by atoms with Crippen molar-refractivity contribution in [3.8, 4) is 0 Å². The predicted molar refractivity (Wildman–Crippen MR) is 81.8 cm³/mol. The van der Waals surface area contributed by atoms with Crippen LogP contribution in [-0.2, 0) is 13.0 Å². The van der Waals surface area contributed by atoms with Gasteiger partial charge in [0.2, 0.25) is 0 Å². The minimum atomic E-state index is 0.811. The van der Waals surface area contributed by atoms with E-state index in [0.717, 1.165) is 43.4 Å². The zero-order valence-corrected chi connectivity index (χ0v) is 12.3. The van der Waals surface area contributed by atoms with E-state index in [9.17, 15) is 0 Å². The molecule has 0 fully saturated rings. The zero-order chi connectivity index (χ0) is 13.5. The van der Waals surface area contributed by atoms with Gasteiger partial charge in [-0.3, -0.25) is 0 Å². The van der Waals surface area contributed by atoms with Crippen LogP contribution in [0.25, 0.3) is 0 Å². The highest BCUT2D eigenvalue weighted by Gasteiger charge is 2.03. The van der Waals surface area contributed by atoms with Gasteiger partial charge in [-0.1, -0.05) is 19.9 Å². The van der Waals surface area contributed by atoms with Gasteiger partial charge in [0.05, 0.1) is 6.54 Å². The van der Waals surface area contributed by atoms with Crippen LogP contribution in [0.2, 0.25) is 0 Å². The Balaban J connectivity index is 2.05. The molecule has 0 spiro atoms. The van der Waals surface area contributed by atoms with Crippen molar-refractivity contribution in [2.45, 2.75) is 33.2 Å². The quantitative estimate of drug-likeness (QED) is 0.812. The fourth-order valence-corrected chi connectivity index (χ4v) is 2.32. The molecule has 0 saturated carbocycles. The van der Waals surface area contributed by atoms with Crippen LogP contribution in [0.1, 0.15) is 31.0 Å². The summed E-state index contributed by atoms with van der Waals surface area (Å²) in [6, 6.07) is 6.16. The first-order valence-electron chi connectivity index (χ1n) is 6.70. The number of rotatable bonds is 7. The van der Waals surface area contributed by atoms with E-state index in [2.05, 4.69) is 52.0 Å². The summed E-state index contributed by atoms with van der Waals surface area (Å²) in [5.41, 5.74) is 0. The second kappa shape index (κ2) is 7.09. The number of aromatic nitrogens is 2. The highest BCUT2D eigenvalue weighted by Crippen LogP contribution is 2.15. The third kappa shape index (κ3) is 4.21. The summed E-state index contributed by atoms with van der Waals surface area (Å²) in [6.45, 7) is 5.96. The van der Waals surface area contributed by atoms with Crippen molar-refractivity contribution in [2.75, 3.05) is 17.2 Å². The maximum atomic E-state index is 4.50. The minimum absolute atomic E-state index is 0.811. The Morgan fingerprint density at radius 2 is 1.95 bits per heavy atom. The lowest BCUT2D eigenvalue weighted by atomic mass is 10.4. The topological polar surface area (TPSA) is 49.8 Å². The smallest absolute Gasteiger partial charge is 0.132 e. The Kier molecular flexibility index (Phi) is 5.15. The third-order valence-corrected chi connectivity index (χ3v) is 3.55. The average Bonchev–Trinajstić information content (AvgIpc) is 2.96. The number of aryl methyl sites for hydroxylation is 1. The molecule has 0 aromatic carbocycles. The van der Waals surface area contributed by atoms with Crippen molar-refractivity contribution in [1.29, 1.82) is 0 Å². The molecule has 2 rings (SSSR count). The minimum Gasteiger partial charge on any atom is -0.370 e. The standard InChI is InChI=1S/C14H20N4S/c1-3-7-15-13-9-14(18-12(4-2)17-13)16-10-11-6-5-8-19-11/h5-6,8-9H,3-4,7,10H2,1-2H3,(H2,15,16,17,18). The maximum Gasteiger partial charge on any atom is 0.132 e. The van der Waals surface area contributed by atoms with Crippen molar-refractivity contribution in [3.63, 3.8) is 0 Å². The van der Waals surface area contributed by atoms with Gasteiger partial charge in [0.15, 0.2) is 0 Å². The summed E-state index contributed by atoms with van der Waals surface area (Å²) in [7, 11) is 0. The lowest BCUT2D eigenvalue weighted by Crippen LogP contribution is -2.08. The molecule has 0 aliphatic carbocycles. The molecule has 0 atom stereocenters. The largest absolute Gasteiger partial charge is 0.370 e. The molecular weight excluding hydrogens is 256 g/mol. The molecule has 4 nitrogen and oxygen atoms in total. The third-order valence-electron chi connectivity index (χ3n) is 2.67. The van der Waals surface area contributed by atoms with Gasteiger partial charge in [-0.15, -0.1) is 11.3 Å². The Bertz CT molecular complexity index is 496. The van der Waals surface area contributed by atoms with Crippen LogP contribution >= 0.6 is 11.3 Å². The van der Waals surface area contributed by atoms with Crippen LogP contribution in [0.3, 0.4) is 0 Å². The highest BCUT2D eigenvalue weighted by molar-refractivity contribution is 7.09. The van der Waals surface area contributed by atoms with E-state index in [0.29, 0.717) is 0 Å². The van der Waals surface area contributed by atoms with Gasteiger partial charge in [-0.05, 0) is 17.9 Å². The fourth-order valence-electron chi connectivity index (χ4n) is 1.68. The number of anilines is 2. The van der Waals surface area contributed by atoms with Gasteiger partial charge >= 0.3 is 0 Å². The van der Waals surface area contributed by atoms with E-state index in [-0.39, 0.29) is 0 Å².